The molecule has 4 rings (SSSR count). The van der Waals surface area contributed by atoms with Gasteiger partial charge in [-0.3, -0.25) is 9.78 Å². The molecule has 0 aliphatic heterocycles. The van der Waals surface area contributed by atoms with Gasteiger partial charge in [0.1, 0.15) is 22.9 Å². The summed E-state index contributed by atoms with van der Waals surface area (Å²) < 4.78 is 72.7. The highest BCUT2D eigenvalue weighted by atomic mass is 35.5. The van der Waals surface area contributed by atoms with Crippen LogP contribution in [0.3, 0.4) is 0 Å². The van der Waals surface area contributed by atoms with E-state index in [0.717, 1.165) is 12.1 Å². The molecule has 2 N–H and O–H groups in total. The molecule has 1 saturated carbocycles. The Morgan fingerprint density at radius 3 is 2.33 bits per heavy atom. The molecule has 42 heavy (non-hydrogen) atoms. The summed E-state index contributed by atoms with van der Waals surface area (Å²) in [5.41, 5.74) is -0.964. The lowest BCUT2D eigenvalue weighted by atomic mass is 9.80. The predicted octanol–water partition coefficient (Wildman–Crippen LogP) is 7.04. The van der Waals surface area contributed by atoms with Crippen molar-refractivity contribution in [2.45, 2.75) is 63.1 Å². The van der Waals surface area contributed by atoms with Crippen LogP contribution in [0.25, 0.3) is 0 Å². The van der Waals surface area contributed by atoms with Crippen LogP contribution in [0.5, 0.6) is 5.75 Å². The van der Waals surface area contributed by atoms with E-state index in [-0.39, 0.29) is 40.4 Å². The highest BCUT2D eigenvalue weighted by molar-refractivity contribution is 6.30. The number of amides is 2. The van der Waals surface area contributed by atoms with E-state index in [1.807, 2.05) is 0 Å². The molecule has 0 saturated heterocycles. The lowest BCUT2D eigenvalue weighted by Crippen LogP contribution is -2.54. The van der Waals surface area contributed by atoms with Crippen molar-refractivity contribution in [2.75, 3.05) is 0 Å². The summed E-state index contributed by atoms with van der Waals surface area (Å²) in [5.74, 6) is -1.91. The lowest BCUT2D eigenvalue weighted by Gasteiger charge is -2.37. The number of aromatic nitrogens is 1. The van der Waals surface area contributed by atoms with Crippen LogP contribution >= 0.6 is 11.6 Å². The number of pyridine rings is 1. The number of carbonyl (C=O) groups is 2. The number of Topliss-reactive ketones (excluding diaryl/α,β-unsaturated/α-hetero) is 1. The first kappa shape index (κ1) is 31.2. The van der Waals surface area contributed by atoms with Gasteiger partial charge in [0.25, 0.3) is 0 Å². The molecule has 0 bridgehead atoms. The van der Waals surface area contributed by atoms with Crippen molar-refractivity contribution in [3.8, 4) is 5.75 Å². The molecule has 6 nitrogen and oxygen atoms in total. The third-order valence-electron chi connectivity index (χ3n) is 7.31. The number of nitrogens with zero attached hydrogens (tertiary/aromatic N) is 1. The Morgan fingerprint density at radius 2 is 1.74 bits per heavy atom. The molecule has 0 radical (unpaired) electrons. The number of urea groups is 1. The van der Waals surface area contributed by atoms with E-state index in [1.165, 1.54) is 25.3 Å². The number of rotatable bonds is 10. The van der Waals surface area contributed by atoms with Crippen LogP contribution < -0.4 is 15.4 Å². The smallest absolute Gasteiger partial charge is 0.428 e. The molecule has 1 aliphatic carbocycles. The Bertz CT molecular complexity index is 1390. The molecule has 12 heteroatoms. The quantitative estimate of drug-likeness (QED) is 0.242. The number of nitrogens with one attached hydrogen (secondary N) is 2. The molecule has 2 amide bonds. The van der Waals surface area contributed by atoms with Crippen molar-refractivity contribution in [1.29, 1.82) is 0 Å². The van der Waals surface area contributed by atoms with Gasteiger partial charge in [-0.1, -0.05) is 41.9 Å². The third kappa shape index (κ3) is 7.56. The monoisotopic (exact) mass is 609 g/mol. The van der Waals surface area contributed by atoms with E-state index < -0.39 is 35.7 Å². The number of alkyl halides is 4. The first-order valence-electron chi connectivity index (χ1n) is 13.3. The average Bonchev–Trinajstić information content (AvgIpc) is 2.93. The van der Waals surface area contributed by atoms with Gasteiger partial charge in [-0.25, -0.2) is 9.18 Å². The van der Waals surface area contributed by atoms with Gasteiger partial charge in [0.15, 0.2) is 0 Å². The third-order valence-corrected chi connectivity index (χ3v) is 7.54. The van der Waals surface area contributed by atoms with Crippen molar-refractivity contribution in [2.24, 2.45) is 5.92 Å². The number of ether oxygens (including phenoxy) is 1. The fourth-order valence-corrected chi connectivity index (χ4v) is 5.29. The molecule has 0 unspecified atom stereocenters. The SMILES string of the molecule is CC(=O)C1CCC(NC(=O)N[C@@](Cc2ccccc2)(c2cc(F)cc(OC(F)(F)C(F)F)c2)c2ccc(Cl)cn2)CC1. The number of carbonyl (C=O) groups excluding carboxylic acids is 2. The van der Waals surface area contributed by atoms with Crippen molar-refractivity contribution >= 4 is 23.4 Å². The molecule has 224 valence electrons. The molecule has 2 aromatic carbocycles. The number of hydrogen-bond acceptors (Lipinski definition) is 4. The number of benzene rings is 2. The zero-order valence-electron chi connectivity index (χ0n) is 22.6. The second-order valence-electron chi connectivity index (χ2n) is 10.3. The normalized spacial score (nSPS) is 18.7. The van der Waals surface area contributed by atoms with E-state index in [4.69, 9.17) is 11.6 Å². The molecule has 0 spiro atoms. The summed E-state index contributed by atoms with van der Waals surface area (Å²) in [6.07, 6.45) is -5.46. The van der Waals surface area contributed by atoms with E-state index in [1.54, 1.807) is 30.3 Å². The number of hydrogen-bond donors (Lipinski definition) is 2. The Labute approximate surface area is 244 Å². The molecule has 1 fully saturated rings. The van der Waals surface area contributed by atoms with Crippen LogP contribution in [0.2, 0.25) is 5.02 Å². The minimum Gasteiger partial charge on any atom is -0.428 e. The molecular formula is C30H29ClF5N3O3. The average molecular weight is 610 g/mol. The maximum absolute atomic E-state index is 15.0. The predicted molar refractivity (Wildman–Crippen MR) is 146 cm³/mol. The first-order valence-corrected chi connectivity index (χ1v) is 13.7. The number of ketones is 1. The summed E-state index contributed by atoms with van der Waals surface area (Å²) >= 11 is 6.07. The Hall–Kier alpha value is -3.73. The van der Waals surface area contributed by atoms with Crippen LogP contribution in [-0.4, -0.2) is 35.4 Å². The van der Waals surface area contributed by atoms with Gasteiger partial charge >= 0.3 is 18.6 Å². The van der Waals surface area contributed by atoms with Gasteiger partial charge in [-0.05, 0) is 68.0 Å². The Morgan fingerprint density at radius 1 is 1.05 bits per heavy atom. The largest absolute Gasteiger partial charge is 0.461 e. The number of halogens is 6. The lowest BCUT2D eigenvalue weighted by molar-refractivity contribution is -0.253. The molecular weight excluding hydrogens is 581 g/mol. The standard InChI is InChI=1S/C30H29ClF5N3O3/c1-18(40)20-7-10-24(11-8-20)38-28(41)39-29(16-19-5-3-2-4-6-19,26-12-9-22(31)17-37-26)21-13-23(32)15-25(14-21)42-30(35,36)27(33)34/h2-6,9,12-15,17,20,24,27H,7-8,10-11,16H2,1H3,(H2,38,39,41)/t20?,24?,29-/m0/s1. The Balaban J connectivity index is 1.78. The first-order chi connectivity index (χ1) is 19.9. The van der Waals surface area contributed by atoms with Crippen LogP contribution in [-0.2, 0) is 16.8 Å². The highest BCUT2D eigenvalue weighted by Crippen LogP contribution is 2.37. The van der Waals surface area contributed by atoms with Crippen LogP contribution in [0.4, 0.5) is 26.7 Å². The maximum atomic E-state index is 15.0. The highest BCUT2D eigenvalue weighted by Gasteiger charge is 2.45. The van der Waals surface area contributed by atoms with Crippen LogP contribution in [0.1, 0.15) is 49.4 Å². The van der Waals surface area contributed by atoms with Crippen molar-refractivity contribution in [1.82, 2.24) is 15.6 Å². The summed E-state index contributed by atoms with van der Waals surface area (Å²) in [6, 6.07) is 13.3. The van der Waals surface area contributed by atoms with Gasteiger partial charge in [0.2, 0.25) is 0 Å². The zero-order valence-corrected chi connectivity index (χ0v) is 23.3. The molecule has 1 aliphatic rings. The minimum absolute atomic E-state index is 0.0406. The second kappa shape index (κ2) is 13.1. The van der Waals surface area contributed by atoms with Gasteiger partial charge in [-0.15, -0.1) is 0 Å². The fourth-order valence-electron chi connectivity index (χ4n) is 5.18. The molecule has 1 aromatic heterocycles. The maximum Gasteiger partial charge on any atom is 0.461 e. The van der Waals surface area contributed by atoms with E-state index >= 15 is 0 Å². The summed E-state index contributed by atoms with van der Waals surface area (Å²) in [4.78, 5) is 29.7. The molecule has 1 heterocycles. The van der Waals surface area contributed by atoms with Crippen molar-refractivity contribution in [3.05, 3.63) is 94.5 Å². The van der Waals surface area contributed by atoms with Gasteiger partial charge in [0.05, 0.1) is 10.7 Å². The second-order valence-corrected chi connectivity index (χ2v) is 10.8. The summed E-state index contributed by atoms with van der Waals surface area (Å²) in [5, 5.41) is 6.03. The van der Waals surface area contributed by atoms with Crippen LogP contribution in [0.15, 0.2) is 66.9 Å². The van der Waals surface area contributed by atoms with E-state index in [2.05, 4.69) is 20.4 Å². The topological polar surface area (TPSA) is 80.3 Å². The Kier molecular flexibility index (Phi) is 9.71. The summed E-state index contributed by atoms with van der Waals surface area (Å²) in [7, 11) is 0. The van der Waals surface area contributed by atoms with E-state index in [9.17, 15) is 31.5 Å². The zero-order chi connectivity index (χ0) is 30.5. The van der Waals surface area contributed by atoms with Gasteiger partial charge in [0, 0.05) is 30.6 Å². The van der Waals surface area contributed by atoms with Gasteiger partial charge in [-0.2, -0.15) is 17.6 Å². The van der Waals surface area contributed by atoms with Crippen molar-refractivity contribution < 1.29 is 36.3 Å². The molecule has 1 atom stereocenters. The summed E-state index contributed by atoms with van der Waals surface area (Å²) in [6.45, 7) is 1.54. The van der Waals surface area contributed by atoms with Crippen LogP contribution in [0, 0.1) is 11.7 Å². The fraction of sp³-hybridized carbons (Fsp3) is 0.367. The van der Waals surface area contributed by atoms with Crippen molar-refractivity contribution in [3.63, 3.8) is 0 Å². The minimum atomic E-state index is -4.89. The molecule has 3 aromatic rings. The van der Waals surface area contributed by atoms with Gasteiger partial charge < -0.3 is 15.4 Å². The van der Waals surface area contributed by atoms with E-state index in [0.29, 0.717) is 37.3 Å².